The minimum Gasteiger partial charge on any atom is -0.441 e. The summed E-state index contributed by atoms with van der Waals surface area (Å²) >= 11 is 0. The number of rotatable bonds is 3. The molecule has 0 aliphatic rings. The van der Waals surface area contributed by atoms with Crippen LogP contribution in [0.15, 0.2) is 60.7 Å². The molecule has 0 spiro atoms. The minimum atomic E-state index is -0.654. The molecule has 1 atom stereocenters. The number of hydrogen-bond acceptors (Lipinski definition) is 2. The summed E-state index contributed by atoms with van der Waals surface area (Å²) in [5, 5.41) is 0. The molecule has 0 saturated heterocycles. The lowest BCUT2D eigenvalue weighted by Gasteiger charge is -2.12. The third kappa shape index (κ3) is 2.78. The first-order valence-corrected chi connectivity index (χ1v) is 5.58. The molecule has 2 nitrogen and oxygen atoms in total. The topological polar surface area (TPSA) is 26.3 Å². The number of carbonyl (C=O) groups is 1. The number of carbonyl (C=O) groups excluding carboxylic acids is 1. The van der Waals surface area contributed by atoms with E-state index in [2.05, 4.69) is 5.92 Å². The molecule has 0 heterocycles. The van der Waals surface area contributed by atoms with Crippen LogP contribution >= 0.6 is 0 Å². The fourth-order valence-corrected chi connectivity index (χ4v) is 1.58. The van der Waals surface area contributed by atoms with Crippen molar-refractivity contribution in [3.8, 4) is 12.3 Å². The number of benzene rings is 2. The van der Waals surface area contributed by atoms with Gasteiger partial charge in [-0.15, -0.1) is 6.42 Å². The largest absolute Gasteiger partial charge is 0.441 e. The van der Waals surface area contributed by atoms with Crippen molar-refractivity contribution in [1.29, 1.82) is 0 Å². The van der Waals surface area contributed by atoms with Crippen molar-refractivity contribution in [3.05, 3.63) is 71.8 Å². The zero-order valence-corrected chi connectivity index (χ0v) is 9.74. The van der Waals surface area contributed by atoms with Gasteiger partial charge in [0.25, 0.3) is 0 Å². The van der Waals surface area contributed by atoms with E-state index < -0.39 is 12.1 Å². The summed E-state index contributed by atoms with van der Waals surface area (Å²) in [4.78, 5) is 11.9. The van der Waals surface area contributed by atoms with Gasteiger partial charge >= 0.3 is 5.97 Å². The van der Waals surface area contributed by atoms with Crippen molar-refractivity contribution in [2.75, 3.05) is 0 Å². The van der Waals surface area contributed by atoms with Crippen LogP contribution in [-0.4, -0.2) is 5.97 Å². The van der Waals surface area contributed by atoms with Crippen LogP contribution in [0, 0.1) is 12.3 Å². The molecule has 88 valence electrons. The monoisotopic (exact) mass is 236 g/mol. The van der Waals surface area contributed by atoms with Gasteiger partial charge in [-0.25, -0.2) is 4.79 Å². The van der Waals surface area contributed by atoms with Crippen molar-refractivity contribution >= 4 is 5.97 Å². The third-order valence-corrected chi connectivity index (χ3v) is 2.49. The van der Waals surface area contributed by atoms with Crippen LogP contribution in [0.3, 0.4) is 0 Å². The molecular weight excluding hydrogens is 224 g/mol. The third-order valence-electron chi connectivity index (χ3n) is 2.49. The Hall–Kier alpha value is -2.53. The summed E-state index contributed by atoms with van der Waals surface area (Å²) < 4.78 is 5.30. The zero-order chi connectivity index (χ0) is 12.8. The van der Waals surface area contributed by atoms with E-state index in [-0.39, 0.29) is 0 Å². The van der Waals surface area contributed by atoms with Gasteiger partial charge < -0.3 is 4.74 Å². The number of terminal acetylenes is 1. The van der Waals surface area contributed by atoms with Crippen LogP contribution in [-0.2, 0) is 4.74 Å². The van der Waals surface area contributed by atoms with E-state index in [1.165, 1.54) is 0 Å². The fraction of sp³-hybridized carbons (Fsp3) is 0.0625. The van der Waals surface area contributed by atoms with Gasteiger partial charge in [-0.1, -0.05) is 54.5 Å². The van der Waals surface area contributed by atoms with E-state index in [4.69, 9.17) is 11.2 Å². The molecule has 0 aromatic heterocycles. The van der Waals surface area contributed by atoms with Gasteiger partial charge in [-0.2, -0.15) is 0 Å². The molecule has 0 bridgehead atoms. The van der Waals surface area contributed by atoms with E-state index in [0.717, 1.165) is 5.56 Å². The molecular formula is C16H12O2. The number of ether oxygens (including phenoxy) is 1. The summed E-state index contributed by atoms with van der Waals surface area (Å²) in [7, 11) is 0. The normalized spacial score (nSPS) is 11.3. The van der Waals surface area contributed by atoms with Gasteiger partial charge in [0.05, 0.1) is 5.56 Å². The minimum absolute atomic E-state index is 0.414. The molecule has 0 N–H and O–H groups in total. The summed E-state index contributed by atoms with van der Waals surface area (Å²) in [6.45, 7) is 0. The Morgan fingerprint density at radius 3 is 2.11 bits per heavy atom. The molecule has 0 aliphatic carbocycles. The molecule has 2 aromatic carbocycles. The fourth-order valence-electron chi connectivity index (χ4n) is 1.58. The quantitative estimate of drug-likeness (QED) is 0.604. The maximum absolute atomic E-state index is 11.9. The van der Waals surface area contributed by atoms with Gasteiger partial charge in [0.2, 0.25) is 0 Å². The van der Waals surface area contributed by atoms with Crippen LogP contribution in [0.4, 0.5) is 0 Å². The summed E-state index contributed by atoms with van der Waals surface area (Å²) in [6.07, 6.45) is 4.75. The second-order valence-electron chi connectivity index (χ2n) is 3.73. The Balaban J connectivity index is 2.14. The lowest BCUT2D eigenvalue weighted by molar-refractivity contribution is 0.0408. The van der Waals surface area contributed by atoms with E-state index in [1.807, 2.05) is 36.4 Å². The van der Waals surface area contributed by atoms with Crippen LogP contribution in [0.25, 0.3) is 0 Å². The van der Waals surface area contributed by atoms with Crippen molar-refractivity contribution in [1.82, 2.24) is 0 Å². The highest BCUT2D eigenvalue weighted by Gasteiger charge is 2.14. The molecule has 0 unspecified atom stereocenters. The standard InChI is InChI=1S/C16H12O2/c1-2-15(13-9-5-3-6-10-13)18-16(17)14-11-7-4-8-12-14/h1,3-12,15H/t15-/m1/s1. The SMILES string of the molecule is C#C[C@@H](OC(=O)c1ccccc1)c1ccccc1. The van der Waals surface area contributed by atoms with Gasteiger partial charge in [0.1, 0.15) is 0 Å². The van der Waals surface area contributed by atoms with Crippen LogP contribution in [0.2, 0.25) is 0 Å². The average Bonchev–Trinajstić information content (AvgIpc) is 2.46. The second-order valence-corrected chi connectivity index (χ2v) is 3.73. The molecule has 18 heavy (non-hydrogen) atoms. The Bertz CT molecular complexity index is 553. The Kier molecular flexibility index (Phi) is 3.78. The maximum Gasteiger partial charge on any atom is 0.339 e. The summed E-state index contributed by atoms with van der Waals surface area (Å²) in [5.41, 5.74) is 1.29. The van der Waals surface area contributed by atoms with E-state index in [1.54, 1.807) is 24.3 Å². The Morgan fingerprint density at radius 2 is 1.56 bits per heavy atom. The number of hydrogen-bond donors (Lipinski definition) is 0. The molecule has 0 amide bonds. The van der Waals surface area contributed by atoms with E-state index >= 15 is 0 Å². The van der Waals surface area contributed by atoms with Crippen molar-refractivity contribution in [2.24, 2.45) is 0 Å². The first kappa shape index (κ1) is 11.9. The van der Waals surface area contributed by atoms with Crippen molar-refractivity contribution in [2.45, 2.75) is 6.10 Å². The van der Waals surface area contributed by atoms with Crippen LogP contribution < -0.4 is 0 Å². The zero-order valence-electron chi connectivity index (χ0n) is 9.74. The Morgan fingerprint density at radius 1 is 1.00 bits per heavy atom. The summed E-state index contributed by atoms with van der Waals surface area (Å²) in [5.74, 6) is 2.06. The highest BCUT2D eigenvalue weighted by atomic mass is 16.5. The molecule has 2 rings (SSSR count). The number of esters is 1. The molecule has 0 radical (unpaired) electrons. The molecule has 0 aliphatic heterocycles. The predicted octanol–water partition coefficient (Wildman–Crippen LogP) is 3.22. The van der Waals surface area contributed by atoms with Crippen LogP contribution in [0.5, 0.6) is 0 Å². The average molecular weight is 236 g/mol. The van der Waals surface area contributed by atoms with E-state index in [0.29, 0.717) is 5.56 Å². The first-order valence-electron chi connectivity index (χ1n) is 5.58. The summed E-state index contributed by atoms with van der Waals surface area (Å²) in [6, 6.07) is 18.1. The smallest absolute Gasteiger partial charge is 0.339 e. The second kappa shape index (κ2) is 5.70. The highest BCUT2D eigenvalue weighted by molar-refractivity contribution is 5.89. The van der Waals surface area contributed by atoms with Crippen molar-refractivity contribution in [3.63, 3.8) is 0 Å². The highest BCUT2D eigenvalue weighted by Crippen LogP contribution is 2.17. The van der Waals surface area contributed by atoms with E-state index in [9.17, 15) is 4.79 Å². The van der Waals surface area contributed by atoms with Gasteiger partial charge in [-0.3, -0.25) is 0 Å². The Labute approximate surface area is 106 Å². The van der Waals surface area contributed by atoms with Gasteiger partial charge in [0, 0.05) is 5.56 Å². The lowest BCUT2D eigenvalue weighted by Crippen LogP contribution is -2.10. The lowest BCUT2D eigenvalue weighted by atomic mass is 10.1. The first-order chi connectivity index (χ1) is 8.81. The molecule has 2 heteroatoms. The maximum atomic E-state index is 11.9. The van der Waals surface area contributed by atoms with Crippen LogP contribution in [0.1, 0.15) is 22.0 Å². The molecule has 2 aromatic rings. The molecule has 0 saturated carbocycles. The van der Waals surface area contributed by atoms with Crippen molar-refractivity contribution < 1.29 is 9.53 Å². The molecule has 0 fully saturated rings. The predicted molar refractivity (Wildman–Crippen MR) is 69.9 cm³/mol. The van der Waals surface area contributed by atoms with Gasteiger partial charge in [0.15, 0.2) is 6.10 Å². The van der Waals surface area contributed by atoms with Gasteiger partial charge in [-0.05, 0) is 12.1 Å².